The maximum Gasteiger partial charge on any atom is 0.207 e. The van der Waals surface area contributed by atoms with Crippen LogP contribution in [0.4, 0.5) is 0 Å². The molecule has 0 atom stereocenters. The smallest absolute Gasteiger partial charge is 0.207 e. The van der Waals surface area contributed by atoms with E-state index >= 15 is 0 Å². The van der Waals surface area contributed by atoms with Crippen molar-refractivity contribution in [2.75, 3.05) is 0 Å². The third-order valence-electron chi connectivity index (χ3n) is 1.50. The molecule has 1 aromatic rings. The van der Waals surface area contributed by atoms with E-state index in [1.54, 1.807) is 14.0 Å². The Labute approximate surface area is 75.6 Å². The van der Waals surface area contributed by atoms with E-state index in [-0.39, 0.29) is 5.78 Å². The number of halogens is 1. The van der Waals surface area contributed by atoms with Gasteiger partial charge in [0.05, 0.1) is 11.2 Å². The number of rotatable bonds is 2. The SMILES string of the molecule is C=C(C)C(=O)c1c(Cl)cnn1C. The van der Waals surface area contributed by atoms with Gasteiger partial charge in [0.25, 0.3) is 0 Å². The largest absolute Gasteiger partial charge is 0.287 e. The molecule has 0 aromatic carbocycles. The van der Waals surface area contributed by atoms with Crippen LogP contribution in [0.2, 0.25) is 5.02 Å². The molecule has 1 rings (SSSR count). The Bertz CT molecular complexity index is 321. The fraction of sp³-hybridized carbons (Fsp3) is 0.250. The summed E-state index contributed by atoms with van der Waals surface area (Å²) >= 11 is 5.74. The summed E-state index contributed by atoms with van der Waals surface area (Å²) in [6.45, 7) is 5.19. The molecule has 0 saturated heterocycles. The van der Waals surface area contributed by atoms with Crippen LogP contribution in [0.1, 0.15) is 17.4 Å². The molecular formula is C8H9ClN2O. The second-order valence-electron chi connectivity index (χ2n) is 2.57. The second-order valence-corrected chi connectivity index (χ2v) is 2.98. The predicted molar refractivity (Wildman–Crippen MR) is 47.4 cm³/mol. The van der Waals surface area contributed by atoms with E-state index in [2.05, 4.69) is 11.7 Å². The van der Waals surface area contributed by atoms with Gasteiger partial charge in [0.15, 0.2) is 0 Å². The lowest BCUT2D eigenvalue weighted by molar-refractivity contribution is 0.102. The zero-order valence-corrected chi connectivity index (χ0v) is 7.72. The van der Waals surface area contributed by atoms with Crippen LogP contribution in [0.15, 0.2) is 18.3 Å². The molecule has 4 heteroatoms. The van der Waals surface area contributed by atoms with E-state index in [0.29, 0.717) is 16.3 Å². The van der Waals surface area contributed by atoms with Crippen LogP contribution in [-0.2, 0) is 7.05 Å². The van der Waals surface area contributed by atoms with Crippen molar-refractivity contribution in [3.8, 4) is 0 Å². The van der Waals surface area contributed by atoms with E-state index in [4.69, 9.17) is 11.6 Å². The first kappa shape index (κ1) is 9.00. The maximum atomic E-state index is 11.4. The molecule has 0 N–H and O–H groups in total. The third-order valence-corrected chi connectivity index (χ3v) is 1.77. The van der Waals surface area contributed by atoms with Crippen LogP contribution in [0.25, 0.3) is 0 Å². The summed E-state index contributed by atoms with van der Waals surface area (Å²) in [5.41, 5.74) is 0.852. The van der Waals surface area contributed by atoms with Crippen molar-refractivity contribution in [2.45, 2.75) is 6.92 Å². The lowest BCUT2D eigenvalue weighted by Gasteiger charge is -1.99. The first-order valence-corrected chi connectivity index (χ1v) is 3.79. The van der Waals surface area contributed by atoms with Gasteiger partial charge in [-0.1, -0.05) is 18.2 Å². The van der Waals surface area contributed by atoms with E-state index < -0.39 is 0 Å². The molecule has 0 saturated carbocycles. The highest BCUT2D eigenvalue weighted by molar-refractivity contribution is 6.34. The van der Waals surface area contributed by atoms with Crippen LogP contribution in [-0.4, -0.2) is 15.6 Å². The van der Waals surface area contributed by atoms with Gasteiger partial charge in [-0.2, -0.15) is 5.10 Å². The molecule has 12 heavy (non-hydrogen) atoms. The Kier molecular flexibility index (Phi) is 2.33. The van der Waals surface area contributed by atoms with E-state index in [1.807, 2.05) is 0 Å². The summed E-state index contributed by atoms with van der Waals surface area (Å²) in [5, 5.41) is 4.21. The quantitative estimate of drug-likeness (QED) is 0.519. The minimum absolute atomic E-state index is 0.167. The van der Waals surface area contributed by atoms with Crippen molar-refractivity contribution < 1.29 is 4.79 Å². The highest BCUT2D eigenvalue weighted by atomic mass is 35.5. The molecule has 3 nitrogen and oxygen atoms in total. The number of nitrogens with zero attached hydrogens (tertiary/aromatic N) is 2. The molecular weight excluding hydrogens is 176 g/mol. The molecule has 0 aliphatic rings. The average molecular weight is 185 g/mol. The van der Waals surface area contributed by atoms with Crippen molar-refractivity contribution in [2.24, 2.45) is 7.05 Å². The van der Waals surface area contributed by atoms with Crippen molar-refractivity contribution in [1.29, 1.82) is 0 Å². The first-order valence-electron chi connectivity index (χ1n) is 3.41. The van der Waals surface area contributed by atoms with Gasteiger partial charge in [0.1, 0.15) is 5.69 Å². The van der Waals surface area contributed by atoms with Crippen LogP contribution in [0.5, 0.6) is 0 Å². The van der Waals surface area contributed by atoms with Crippen molar-refractivity contribution in [3.63, 3.8) is 0 Å². The number of carbonyl (C=O) groups is 1. The molecule has 0 radical (unpaired) electrons. The second kappa shape index (κ2) is 3.11. The Morgan fingerprint density at radius 2 is 2.33 bits per heavy atom. The minimum atomic E-state index is -0.167. The fourth-order valence-electron chi connectivity index (χ4n) is 0.868. The number of allylic oxidation sites excluding steroid dienone is 1. The fourth-order valence-corrected chi connectivity index (χ4v) is 1.12. The number of carbonyl (C=O) groups excluding carboxylic acids is 1. The number of ketones is 1. The lowest BCUT2D eigenvalue weighted by Crippen LogP contribution is -2.07. The molecule has 0 bridgehead atoms. The molecule has 0 amide bonds. The van der Waals surface area contributed by atoms with Gasteiger partial charge in [-0.3, -0.25) is 9.48 Å². The topological polar surface area (TPSA) is 34.9 Å². The Hall–Kier alpha value is -1.09. The number of hydrogen-bond donors (Lipinski definition) is 0. The minimum Gasteiger partial charge on any atom is -0.287 e. The average Bonchev–Trinajstić information content (AvgIpc) is 2.30. The normalized spacial score (nSPS) is 9.92. The summed E-state index contributed by atoms with van der Waals surface area (Å²) in [6, 6.07) is 0. The predicted octanol–water partition coefficient (Wildman–Crippen LogP) is 1.83. The number of Topliss-reactive ketones (excluding diaryl/α,β-unsaturated/α-hetero) is 1. The summed E-state index contributed by atoms with van der Waals surface area (Å²) in [6.07, 6.45) is 1.44. The zero-order valence-electron chi connectivity index (χ0n) is 6.97. The molecule has 64 valence electrons. The molecule has 1 heterocycles. The van der Waals surface area contributed by atoms with Gasteiger partial charge in [0.2, 0.25) is 5.78 Å². The number of hydrogen-bond acceptors (Lipinski definition) is 2. The summed E-state index contributed by atoms with van der Waals surface area (Å²) in [5.74, 6) is -0.167. The Morgan fingerprint density at radius 3 is 2.67 bits per heavy atom. The van der Waals surface area contributed by atoms with Gasteiger partial charge < -0.3 is 0 Å². The molecule has 0 fully saturated rings. The van der Waals surface area contributed by atoms with Crippen LogP contribution < -0.4 is 0 Å². The van der Waals surface area contributed by atoms with E-state index in [1.165, 1.54) is 10.9 Å². The Balaban J connectivity index is 3.18. The van der Waals surface area contributed by atoms with Crippen LogP contribution in [0.3, 0.4) is 0 Å². The molecule has 0 aliphatic carbocycles. The van der Waals surface area contributed by atoms with Crippen molar-refractivity contribution in [1.82, 2.24) is 9.78 Å². The van der Waals surface area contributed by atoms with E-state index in [0.717, 1.165) is 0 Å². The zero-order chi connectivity index (χ0) is 9.30. The van der Waals surface area contributed by atoms with E-state index in [9.17, 15) is 4.79 Å². The summed E-state index contributed by atoms with van der Waals surface area (Å²) in [4.78, 5) is 11.4. The molecule has 0 spiro atoms. The standard InChI is InChI=1S/C8H9ClN2O/c1-5(2)8(12)7-6(9)4-10-11(7)3/h4H,1H2,2-3H3. The van der Waals surface area contributed by atoms with Gasteiger partial charge in [-0.25, -0.2) is 0 Å². The Morgan fingerprint density at radius 1 is 1.75 bits per heavy atom. The van der Waals surface area contributed by atoms with Crippen LogP contribution in [0, 0.1) is 0 Å². The molecule has 0 unspecified atom stereocenters. The molecule has 0 aliphatic heterocycles. The van der Waals surface area contributed by atoms with Gasteiger partial charge in [0, 0.05) is 7.05 Å². The van der Waals surface area contributed by atoms with Gasteiger partial charge in [-0.05, 0) is 12.5 Å². The molecule has 1 aromatic heterocycles. The van der Waals surface area contributed by atoms with Crippen molar-refractivity contribution >= 4 is 17.4 Å². The summed E-state index contributed by atoms with van der Waals surface area (Å²) < 4.78 is 1.44. The van der Waals surface area contributed by atoms with Gasteiger partial charge >= 0.3 is 0 Å². The highest BCUT2D eigenvalue weighted by Crippen LogP contribution is 2.16. The van der Waals surface area contributed by atoms with Gasteiger partial charge in [-0.15, -0.1) is 0 Å². The van der Waals surface area contributed by atoms with Crippen molar-refractivity contribution in [3.05, 3.63) is 29.1 Å². The van der Waals surface area contributed by atoms with Crippen LogP contribution >= 0.6 is 11.6 Å². The number of aryl methyl sites for hydroxylation is 1. The summed E-state index contributed by atoms with van der Waals surface area (Å²) in [7, 11) is 1.67. The number of aromatic nitrogens is 2. The first-order chi connectivity index (χ1) is 5.54. The highest BCUT2D eigenvalue weighted by Gasteiger charge is 2.15. The third kappa shape index (κ3) is 1.41. The lowest BCUT2D eigenvalue weighted by atomic mass is 10.2. The maximum absolute atomic E-state index is 11.4. The monoisotopic (exact) mass is 184 g/mol.